The molecule has 0 radical (unpaired) electrons. The van der Waals surface area contributed by atoms with E-state index in [0.717, 1.165) is 11.1 Å². The van der Waals surface area contributed by atoms with Crippen LogP contribution in [-0.4, -0.2) is 10.4 Å². The lowest BCUT2D eigenvalue weighted by atomic mass is 10.1. The first kappa shape index (κ1) is 13.8. The zero-order valence-electron chi connectivity index (χ0n) is 10.2. The molecule has 2 nitrogen and oxygen atoms in total. The maximum Gasteiger partial charge on any atom is 0.252 e. The van der Waals surface area contributed by atoms with Crippen LogP contribution >= 0.6 is 23.2 Å². The topological polar surface area (TPSA) is 29.4 Å². The molecule has 0 atom stereocenters. The fourth-order valence-electron chi connectivity index (χ4n) is 1.64. The molecule has 0 heterocycles. The Bertz CT molecular complexity index is 633. The van der Waals surface area contributed by atoms with Gasteiger partial charge >= 0.3 is 0 Å². The minimum atomic E-state index is -0.486. The summed E-state index contributed by atoms with van der Waals surface area (Å²) >= 11 is 11.6. The fraction of sp³-hybridized carbons (Fsp3) is 0.0667. The molecule has 0 aromatic heterocycles. The van der Waals surface area contributed by atoms with E-state index in [0.29, 0.717) is 16.4 Å². The third-order valence-electron chi connectivity index (χ3n) is 2.69. The Morgan fingerprint density at radius 2 is 1.63 bits per heavy atom. The van der Waals surface area contributed by atoms with Crippen molar-refractivity contribution in [2.24, 2.45) is 4.99 Å². The second-order valence-corrected chi connectivity index (χ2v) is 4.74. The van der Waals surface area contributed by atoms with Crippen LogP contribution in [0.3, 0.4) is 0 Å². The van der Waals surface area contributed by atoms with Crippen molar-refractivity contribution in [2.75, 3.05) is 0 Å². The molecule has 0 spiro atoms. The quantitative estimate of drug-likeness (QED) is 0.596. The number of rotatable bonds is 3. The van der Waals surface area contributed by atoms with Crippen molar-refractivity contribution in [3.05, 3.63) is 65.2 Å². The second-order valence-electron chi connectivity index (χ2n) is 4.04. The molecule has 0 aliphatic heterocycles. The number of halogens is 2. The zero-order valence-corrected chi connectivity index (χ0v) is 11.7. The highest BCUT2D eigenvalue weighted by molar-refractivity contribution is 6.70. The SMILES string of the molecule is Cc1ccccc1C(Cl)=Nc1ccc(C(=O)Cl)cc1. The van der Waals surface area contributed by atoms with Gasteiger partial charge in [-0.2, -0.15) is 0 Å². The number of aliphatic imine (C=N–C) groups is 1. The largest absolute Gasteiger partial charge is 0.276 e. The average Bonchev–Trinajstić information content (AvgIpc) is 2.39. The summed E-state index contributed by atoms with van der Waals surface area (Å²) in [6, 6.07) is 14.4. The van der Waals surface area contributed by atoms with Gasteiger partial charge < -0.3 is 0 Å². The standard InChI is InChI=1S/C15H11Cl2NO/c1-10-4-2-3-5-13(10)14(16)18-12-8-6-11(7-9-12)15(17)19/h2-9H,1H3. The Morgan fingerprint density at radius 1 is 1.00 bits per heavy atom. The van der Waals surface area contributed by atoms with Crippen molar-refractivity contribution in [3.8, 4) is 0 Å². The Morgan fingerprint density at radius 3 is 2.21 bits per heavy atom. The molecular weight excluding hydrogens is 281 g/mol. The van der Waals surface area contributed by atoms with E-state index in [-0.39, 0.29) is 0 Å². The van der Waals surface area contributed by atoms with Gasteiger partial charge in [0.05, 0.1) is 5.69 Å². The van der Waals surface area contributed by atoms with Crippen LogP contribution in [0.25, 0.3) is 0 Å². The third kappa shape index (κ3) is 3.43. The minimum absolute atomic E-state index is 0.419. The number of nitrogens with zero attached hydrogens (tertiary/aromatic N) is 1. The van der Waals surface area contributed by atoms with Gasteiger partial charge in [0.15, 0.2) is 0 Å². The first-order chi connectivity index (χ1) is 9.08. The van der Waals surface area contributed by atoms with Gasteiger partial charge in [0, 0.05) is 11.1 Å². The molecule has 2 aromatic carbocycles. The first-order valence-corrected chi connectivity index (χ1v) is 6.43. The predicted octanol–water partition coefficient (Wildman–Crippen LogP) is 4.69. The van der Waals surface area contributed by atoms with E-state index < -0.39 is 5.24 Å². The number of aryl methyl sites for hydroxylation is 1. The Hall–Kier alpha value is -1.64. The molecular formula is C15H11Cl2NO. The molecule has 0 unspecified atom stereocenters. The van der Waals surface area contributed by atoms with E-state index in [9.17, 15) is 4.79 Å². The molecule has 0 N–H and O–H groups in total. The number of hydrogen-bond donors (Lipinski definition) is 0. The molecule has 0 saturated carbocycles. The van der Waals surface area contributed by atoms with Gasteiger partial charge in [-0.3, -0.25) is 4.79 Å². The summed E-state index contributed by atoms with van der Waals surface area (Å²) in [5, 5.41) is -0.0661. The molecule has 19 heavy (non-hydrogen) atoms. The van der Waals surface area contributed by atoms with Crippen molar-refractivity contribution in [1.29, 1.82) is 0 Å². The molecule has 96 valence electrons. The van der Waals surface area contributed by atoms with Crippen LogP contribution in [0.4, 0.5) is 5.69 Å². The maximum absolute atomic E-state index is 10.9. The van der Waals surface area contributed by atoms with Gasteiger partial charge in [0.1, 0.15) is 5.17 Å². The Labute approximate surface area is 121 Å². The lowest BCUT2D eigenvalue weighted by Crippen LogP contribution is -1.94. The van der Waals surface area contributed by atoms with Gasteiger partial charge in [0.25, 0.3) is 5.24 Å². The number of benzene rings is 2. The van der Waals surface area contributed by atoms with Crippen LogP contribution < -0.4 is 0 Å². The normalized spacial score (nSPS) is 11.4. The molecule has 2 rings (SSSR count). The van der Waals surface area contributed by atoms with Crippen LogP contribution in [0.5, 0.6) is 0 Å². The van der Waals surface area contributed by atoms with E-state index in [1.54, 1.807) is 24.3 Å². The molecule has 2 aromatic rings. The highest BCUT2D eigenvalue weighted by atomic mass is 35.5. The Balaban J connectivity index is 2.31. The van der Waals surface area contributed by atoms with E-state index in [4.69, 9.17) is 23.2 Å². The smallest absolute Gasteiger partial charge is 0.252 e. The monoisotopic (exact) mass is 291 g/mol. The van der Waals surface area contributed by atoms with Crippen LogP contribution in [0.2, 0.25) is 0 Å². The summed E-state index contributed by atoms with van der Waals surface area (Å²) in [6.07, 6.45) is 0. The second kappa shape index (κ2) is 6.00. The highest BCUT2D eigenvalue weighted by Gasteiger charge is 2.04. The van der Waals surface area contributed by atoms with Gasteiger partial charge in [-0.1, -0.05) is 35.9 Å². The molecule has 0 saturated heterocycles. The summed E-state index contributed by atoms with van der Waals surface area (Å²) < 4.78 is 0. The molecule has 0 aliphatic rings. The average molecular weight is 292 g/mol. The van der Waals surface area contributed by atoms with Crippen LogP contribution in [-0.2, 0) is 0 Å². The van der Waals surface area contributed by atoms with Crippen molar-refractivity contribution < 1.29 is 4.79 Å². The summed E-state index contributed by atoms with van der Waals surface area (Å²) in [4.78, 5) is 15.3. The van der Waals surface area contributed by atoms with Crippen LogP contribution in [0.15, 0.2) is 53.5 Å². The molecule has 0 amide bonds. The zero-order chi connectivity index (χ0) is 13.8. The molecule has 0 bridgehead atoms. The van der Waals surface area contributed by atoms with E-state index in [1.165, 1.54) is 0 Å². The number of carbonyl (C=O) groups excluding carboxylic acids is 1. The lowest BCUT2D eigenvalue weighted by molar-refractivity contribution is 0.108. The molecule has 0 aliphatic carbocycles. The van der Waals surface area contributed by atoms with E-state index >= 15 is 0 Å². The third-order valence-corrected chi connectivity index (χ3v) is 3.20. The van der Waals surface area contributed by atoms with Crippen LogP contribution in [0, 0.1) is 6.92 Å². The van der Waals surface area contributed by atoms with Crippen LogP contribution in [0.1, 0.15) is 21.5 Å². The van der Waals surface area contributed by atoms with Crippen molar-refractivity contribution in [3.63, 3.8) is 0 Å². The lowest BCUT2D eigenvalue weighted by Gasteiger charge is -2.03. The summed E-state index contributed by atoms with van der Waals surface area (Å²) in [5.41, 5.74) is 3.06. The number of hydrogen-bond acceptors (Lipinski definition) is 2. The Kier molecular flexibility index (Phi) is 4.35. The summed E-state index contributed by atoms with van der Waals surface area (Å²) in [7, 11) is 0. The van der Waals surface area contributed by atoms with Crippen molar-refractivity contribution in [2.45, 2.75) is 6.92 Å². The van der Waals surface area contributed by atoms with Crippen molar-refractivity contribution in [1.82, 2.24) is 0 Å². The number of carbonyl (C=O) groups is 1. The minimum Gasteiger partial charge on any atom is -0.276 e. The predicted molar refractivity (Wildman–Crippen MR) is 79.9 cm³/mol. The fourth-order valence-corrected chi connectivity index (χ4v) is 2.08. The highest BCUT2D eigenvalue weighted by Crippen LogP contribution is 2.19. The maximum atomic E-state index is 10.9. The van der Waals surface area contributed by atoms with Gasteiger partial charge in [0.2, 0.25) is 0 Å². The summed E-state index contributed by atoms with van der Waals surface area (Å²) in [6.45, 7) is 1.97. The van der Waals surface area contributed by atoms with Gasteiger partial charge in [-0.15, -0.1) is 0 Å². The van der Waals surface area contributed by atoms with Crippen molar-refractivity contribution >= 4 is 39.3 Å². The van der Waals surface area contributed by atoms with E-state index in [2.05, 4.69) is 4.99 Å². The summed E-state index contributed by atoms with van der Waals surface area (Å²) in [5.74, 6) is 0. The molecule has 0 fully saturated rings. The van der Waals surface area contributed by atoms with Gasteiger partial charge in [-0.05, 0) is 48.4 Å². The molecule has 4 heteroatoms. The van der Waals surface area contributed by atoms with E-state index in [1.807, 2.05) is 31.2 Å². The van der Waals surface area contributed by atoms with Gasteiger partial charge in [-0.25, -0.2) is 4.99 Å². The first-order valence-electron chi connectivity index (χ1n) is 5.68.